The van der Waals surface area contributed by atoms with Crippen LogP contribution in [0.1, 0.15) is 114 Å². The van der Waals surface area contributed by atoms with Crippen LogP contribution in [-0.2, 0) is 4.74 Å². The number of esters is 1. The molecule has 0 aliphatic heterocycles. The lowest BCUT2D eigenvalue weighted by atomic mass is 10.0. The van der Waals surface area contributed by atoms with Gasteiger partial charge in [0.05, 0.1) is 6.61 Å². The van der Waals surface area contributed by atoms with E-state index in [2.05, 4.69) is 11.3 Å². The van der Waals surface area contributed by atoms with Gasteiger partial charge in [0.1, 0.15) is 9.36 Å². The maximum atomic E-state index is 11.8. The van der Waals surface area contributed by atoms with E-state index in [0.717, 1.165) is 24.4 Å². The van der Waals surface area contributed by atoms with E-state index in [4.69, 9.17) is 27.9 Å². The average molecular weight is 436 g/mol. The highest BCUT2D eigenvalue weighted by molar-refractivity contribution is 7.11. The van der Waals surface area contributed by atoms with Crippen LogP contribution in [0.25, 0.3) is 0 Å². The quantitative estimate of drug-likeness (QED) is 0.182. The SMILES string of the molecule is CCCCCCCCCCCCCCCCCOC(=O)c1nsc(Cl)c1Cl. The van der Waals surface area contributed by atoms with Crippen LogP contribution in [0, 0.1) is 0 Å². The lowest BCUT2D eigenvalue weighted by molar-refractivity contribution is 0.0492. The second-order valence-electron chi connectivity index (χ2n) is 7.20. The number of halogens is 2. The Morgan fingerprint density at radius 3 is 1.67 bits per heavy atom. The summed E-state index contributed by atoms with van der Waals surface area (Å²) in [6.07, 6.45) is 19.7. The van der Waals surface area contributed by atoms with Gasteiger partial charge in [-0.3, -0.25) is 0 Å². The predicted molar refractivity (Wildman–Crippen MR) is 117 cm³/mol. The van der Waals surface area contributed by atoms with Crippen LogP contribution in [-0.4, -0.2) is 16.9 Å². The van der Waals surface area contributed by atoms with Crippen molar-refractivity contribution in [3.05, 3.63) is 15.1 Å². The van der Waals surface area contributed by atoms with Crippen LogP contribution in [0.2, 0.25) is 9.36 Å². The van der Waals surface area contributed by atoms with E-state index in [1.54, 1.807) is 0 Å². The lowest BCUT2D eigenvalue weighted by Crippen LogP contribution is -2.07. The molecule has 0 saturated heterocycles. The summed E-state index contributed by atoms with van der Waals surface area (Å²) in [4.78, 5) is 11.8. The zero-order valence-electron chi connectivity index (χ0n) is 16.7. The first-order valence-electron chi connectivity index (χ1n) is 10.6. The first-order valence-corrected chi connectivity index (χ1v) is 12.2. The standard InChI is InChI=1S/C21H35Cl2NO2S/c1-2-3-4-5-6-7-8-9-10-11-12-13-14-15-16-17-26-21(25)19-18(22)20(23)27-24-19/h2-17H2,1H3. The van der Waals surface area contributed by atoms with Gasteiger partial charge in [0.15, 0.2) is 5.69 Å². The molecule has 1 aromatic rings. The molecule has 0 saturated carbocycles. The molecule has 6 heteroatoms. The molecule has 0 amide bonds. The summed E-state index contributed by atoms with van der Waals surface area (Å²) in [6.45, 7) is 2.69. The first-order chi connectivity index (χ1) is 13.2. The van der Waals surface area contributed by atoms with E-state index in [0.29, 0.717) is 10.9 Å². The first kappa shape index (κ1) is 24.7. The minimum atomic E-state index is -0.478. The van der Waals surface area contributed by atoms with E-state index in [-0.39, 0.29) is 10.7 Å². The van der Waals surface area contributed by atoms with Gasteiger partial charge in [-0.15, -0.1) is 0 Å². The van der Waals surface area contributed by atoms with Crippen LogP contribution in [0.5, 0.6) is 0 Å². The molecule has 3 nitrogen and oxygen atoms in total. The van der Waals surface area contributed by atoms with Crippen LogP contribution in [0.3, 0.4) is 0 Å². The van der Waals surface area contributed by atoms with E-state index in [9.17, 15) is 4.79 Å². The maximum Gasteiger partial charge on any atom is 0.359 e. The molecule has 1 aromatic heterocycles. The summed E-state index contributed by atoms with van der Waals surface area (Å²) in [5, 5.41) is 0.197. The van der Waals surface area contributed by atoms with E-state index in [1.165, 1.54) is 83.5 Å². The largest absolute Gasteiger partial charge is 0.461 e. The monoisotopic (exact) mass is 435 g/mol. The number of unbranched alkanes of at least 4 members (excludes halogenated alkanes) is 14. The normalized spacial score (nSPS) is 11.1. The summed E-state index contributed by atoms with van der Waals surface area (Å²) >= 11 is 12.7. The number of carbonyl (C=O) groups excluding carboxylic acids is 1. The summed E-state index contributed by atoms with van der Waals surface area (Å²) in [5.74, 6) is -0.478. The molecule has 1 rings (SSSR count). The number of ether oxygens (including phenoxy) is 1. The third-order valence-corrected chi connectivity index (χ3v) is 6.38. The molecule has 0 bridgehead atoms. The van der Waals surface area contributed by atoms with Gasteiger partial charge in [0.25, 0.3) is 0 Å². The smallest absolute Gasteiger partial charge is 0.359 e. The second kappa shape index (κ2) is 16.6. The molecule has 0 aliphatic rings. The number of hydrogen-bond donors (Lipinski definition) is 0. The zero-order chi connectivity index (χ0) is 19.7. The number of rotatable bonds is 17. The molecule has 27 heavy (non-hydrogen) atoms. The molecule has 156 valence electrons. The number of hydrogen-bond acceptors (Lipinski definition) is 4. The van der Waals surface area contributed by atoms with Crippen LogP contribution < -0.4 is 0 Å². The summed E-state index contributed by atoms with van der Waals surface area (Å²) in [6, 6.07) is 0. The van der Waals surface area contributed by atoms with Gasteiger partial charge in [-0.05, 0) is 18.0 Å². The Hall–Kier alpha value is -0.320. The van der Waals surface area contributed by atoms with E-state index < -0.39 is 5.97 Å². The molecule has 0 aromatic carbocycles. The van der Waals surface area contributed by atoms with Crippen molar-refractivity contribution in [3.8, 4) is 0 Å². The van der Waals surface area contributed by atoms with Crippen LogP contribution in [0.15, 0.2) is 0 Å². The third kappa shape index (κ3) is 12.0. The van der Waals surface area contributed by atoms with Gasteiger partial charge < -0.3 is 4.74 Å². The van der Waals surface area contributed by atoms with Gasteiger partial charge in [-0.1, -0.05) is 120 Å². The molecular formula is C21H35Cl2NO2S. The van der Waals surface area contributed by atoms with Crippen molar-refractivity contribution in [3.63, 3.8) is 0 Å². The van der Waals surface area contributed by atoms with Crippen molar-refractivity contribution >= 4 is 40.7 Å². The Morgan fingerprint density at radius 2 is 1.26 bits per heavy atom. The Labute approximate surface area is 179 Å². The van der Waals surface area contributed by atoms with Crippen LogP contribution in [0.4, 0.5) is 0 Å². The summed E-state index contributed by atoms with van der Waals surface area (Å²) in [5.41, 5.74) is 0.132. The highest BCUT2D eigenvalue weighted by Gasteiger charge is 2.18. The van der Waals surface area contributed by atoms with Crippen LogP contribution >= 0.6 is 34.7 Å². The van der Waals surface area contributed by atoms with Crippen molar-refractivity contribution in [2.75, 3.05) is 6.61 Å². The van der Waals surface area contributed by atoms with Crippen molar-refractivity contribution in [2.45, 2.75) is 103 Å². The van der Waals surface area contributed by atoms with Crippen molar-refractivity contribution < 1.29 is 9.53 Å². The third-order valence-electron chi connectivity index (χ3n) is 4.77. The summed E-state index contributed by atoms with van der Waals surface area (Å²) in [7, 11) is 0. The molecule has 0 radical (unpaired) electrons. The molecule has 0 N–H and O–H groups in total. The molecule has 0 aliphatic carbocycles. The minimum Gasteiger partial charge on any atom is -0.461 e. The van der Waals surface area contributed by atoms with Crippen molar-refractivity contribution in [1.82, 2.24) is 4.37 Å². The van der Waals surface area contributed by atoms with E-state index >= 15 is 0 Å². The van der Waals surface area contributed by atoms with Crippen molar-refractivity contribution in [1.29, 1.82) is 0 Å². The highest BCUT2D eigenvalue weighted by Crippen LogP contribution is 2.29. The Bertz CT molecular complexity index is 508. The van der Waals surface area contributed by atoms with Gasteiger partial charge in [0.2, 0.25) is 0 Å². The minimum absolute atomic E-state index is 0.132. The topological polar surface area (TPSA) is 39.2 Å². The molecule has 1 heterocycles. The molecule has 0 fully saturated rings. The maximum absolute atomic E-state index is 11.8. The Kier molecular flexibility index (Phi) is 15.2. The van der Waals surface area contributed by atoms with Gasteiger partial charge in [-0.25, -0.2) is 4.79 Å². The fourth-order valence-electron chi connectivity index (χ4n) is 3.09. The zero-order valence-corrected chi connectivity index (χ0v) is 19.1. The average Bonchev–Trinajstić information content (AvgIpc) is 3.00. The molecule has 0 atom stereocenters. The molecular weight excluding hydrogens is 401 g/mol. The van der Waals surface area contributed by atoms with Gasteiger partial charge in [-0.2, -0.15) is 4.37 Å². The molecule has 0 unspecified atom stereocenters. The number of aromatic nitrogens is 1. The predicted octanol–water partition coefficient (Wildman–Crippen LogP) is 8.48. The van der Waals surface area contributed by atoms with Crippen molar-refractivity contribution in [2.24, 2.45) is 0 Å². The van der Waals surface area contributed by atoms with E-state index in [1.807, 2.05) is 0 Å². The fraction of sp³-hybridized carbons (Fsp3) is 0.810. The summed E-state index contributed by atoms with van der Waals surface area (Å²) < 4.78 is 9.44. The number of carbonyl (C=O) groups is 1. The van der Waals surface area contributed by atoms with Gasteiger partial charge >= 0.3 is 5.97 Å². The Morgan fingerprint density at radius 1 is 0.815 bits per heavy atom. The number of nitrogens with zero attached hydrogens (tertiary/aromatic N) is 1. The highest BCUT2D eigenvalue weighted by atomic mass is 35.5. The van der Waals surface area contributed by atoms with Gasteiger partial charge in [0, 0.05) is 0 Å². The second-order valence-corrected chi connectivity index (χ2v) is 8.96. The lowest BCUT2D eigenvalue weighted by Gasteiger charge is -2.04. The fourth-order valence-corrected chi connectivity index (χ4v) is 4.07. The Balaban J connectivity index is 1.82. The molecule has 0 spiro atoms.